The quantitative estimate of drug-likeness (QED) is 0.685. The summed E-state index contributed by atoms with van der Waals surface area (Å²) in [5.74, 6) is -0.219. The molecule has 0 aliphatic carbocycles. The summed E-state index contributed by atoms with van der Waals surface area (Å²) in [4.78, 5) is 22.8. The van der Waals surface area contributed by atoms with Gasteiger partial charge in [0.25, 0.3) is 0 Å². The highest BCUT2D eigenvalue weighted by Crippen LogP contribution is 2.01. The van der Waals surface area contributed by atoms with Crippen molar-refractivity contribution in [3.63, 3.8) is 0 Å². The number of hydrogen-bond donors (Lipinski definition) is 3. The van der Waals surface area contributed by atoms with Gasteiger partial charge in [0, 0.05) is 12.4 Å². The molecule has 0 bridgehead atoms. The molecule has 3 amide bonds. The molecule has 1 aromatic carbocycles. The van der Waals surface area contributed by atoms with Gasteiger partial charge in [0.2, 0.25) is 5.91 Å². The first kappa shape index (κ1) is 14.5. The summed E-state index contributed by atoms with van der Waals surface area (Å²) in [6.45, 7) is 0.300. The predicted octanol–water partition coefficient (Wildman–Crippen LogP) is 0.621. The van der Waals surface area contributed by atoms with Crippen LogP contribution in [0.2, 0.25) is 0 Å². The largest absolute Gasteiger partial charge is 0.337 e. The Balaban J connectivity index is 2.40. The van der Waals surface area contributed by atoms with Gasteiger partial charge in [0.05, 0.1) is 6.04 Å². The molecule has 0 unspecified atom stereocenters. The normalized spacial score (nSPS) is 11.7. The molecule has 0 aromatic heterocycles. The first-order chi connectivity index (χ1) is 8.63. The molecule has 0 aliphatic heterocycles. The molecule has 0 spiro atoms. The van der Waals surface area contributed by atoms with Gasteiger partial charge in [0.1, 0.15) is 0 Å². The number of hydrogen-bond acceptors (Lipinski definition) is 3. The van der Waals surface area contributed by atoms with Crippen molar-refractivity contribution < 1.29 is 9.59 Å². The summed E-state index contributed by atoms with van der Waals surface area (Å²) in [7, 11) is 0. The Labute approximate surface area is 111 Å². The average Bonchev–Trinajstić information content (AvgIpc) is 2.37. The molecule has 4 N–H and O–H groups in total. The van der Waals surface area contributed by atoms with Crippen LogP contribution in [0.4, 0.5) is 4.79 Å². The lowest BCUT2D eigenvalue weighted by molar-refractivity contribution is -0.121. The van der Waals surface area contributed by atoms with Gasteiger partial charge in [-0.25, -0.2) is 4.79 Å². The lowest BCUT2D eigenvalue weighted by Crippen LogP contribution is -2.48. The van der Waals surface area contributed by atoms with Crippen molar-refractivity contribution in [2.75, 3.05) is 12.4 Å². The molecular formula is C12H16ClN3O2. The number of benzene rings is 1. The van der Waals surface area contributed by atoms with E-state index in [2.05, 4.69) is 10.6 Å². The predicted molar refractivity (Wildman–Crippen MR) is 70.4 cm³/mol. The zero-order valence-corrected chi connectivity index (χ0v) is 10.6. The number of halogens is 1. The van der Waals surface area contributed by atoms with E-state index in [9.17, 15) is 9.59 Å². The van der Waals surface area contributed by atoms with Gasteiger partial charge < -0.3 is 11.1 Å². The third kappa shape index (κ3) is 5.16. The number of imide groups is 1. The highest BCUT2D eigenvalue weighted by atomic mass is 35.5. The fourth-order valence-electron chi connectivity index (χ4n) is 1.37. The summed E-state index contributed by atoms with van der Waals surface area (Å²) < 4.78 is 0. The molecule has 6 heteroatoms. The van der Waals surface area contributed by atoms with Crippen molar-refractivity contribution >= 4 is 23.5 Å². The Morgan fingerprint density at radius 2 is 1.94 bits per heavy atom. The first-order valence-electron chi connectivity index (χ1n) is 5.57. The van der Waals surface area contributed by atoms with Crippen molar-refractivity contribution in [1.82, 2.24) is 10.6 Å². The molecular weight excluding hydrogens is 254 g/mol. The molecule has 1 aromatic rings. The van der Waals surface area contributed by atoms with Gasteiger partial charge in [-0.2, -0.15) is 0 Å². The third-order valence-electron chi connectivity index (χ3n) is 2.25. The smallest absolute Gasteiger partial charge is 0.321 e. The van der Waals surface area contributed by atoms with E-state index in [0.29, 0.717) is 13.0 Å². The zero-order valence-electron chi connectivity index (χ0n) is 9.86. The van der Waals surface area contributed by atoms with Crippen molar-refractivity contribution in [3.8, 4) is 0 Å². The van der Waals surface area contributed by atoms with E-state index in [1.165, 1.54) is 0 Å². The van der Waals surface area contributed by atoms with Crippen LogP contribution in [0.1, 0.15) is 5.56 Å². The summed E-state index contributed by atoms with van der Waals surface area (Å²) in [5.41, 5.74) is 6.65. The number of nitrogens with two attached hydrogens (primary N) is 1. The Kier molecular flexibility index (Phi) is 6.18. The molecule has 98 valence electrons. The maximum atomic E-state index is 11.6. The van der Waals surface area contributed by atoms with E-state index in [1.807, 2.05) is 30.3 Å². The Morgan fingerprint density at radius 1 is 1.28 bits per heavy atom. The van der Waals surface area contributed by atoms with Crippen LogP contribution in [0, 0.1) is 0 Å². The van der Waals surface area contributed by atoms with Gasteiger partial charge in [-0.15, -0.1) is 11.6 Å². The van der Waals surface area contributed by atoms with Crippen LogP contribution in [0.3, 0.4) is 0 Å². The van der Waals surface area contributed by atoms with E-state index in [4.69, 9.17) is 17.3 Å². The second-order valence-electron chi connectivity index (χ2n) is 3.73. The Hall–Kier alpha value is -1.59. The molecule has 0 saturated heterocycles. The van der Waals surface area contributed by atoms with E-state index < -0.39 is 18.0 Å². The second-order valence-corrected chi connectivity index (χ2v) is 4.11. The number of carbonyl (C=O) groups excluding carboxylic acids is 2. The van der Waals surface area contributed by atoms with Crippen molar-refractivity contribution in [2.45, 2.75) is 12.5 Å². The lowest BCUT2D eigenvalue weighted by atomic mass is 10.1. The zero-order chi connectivity index (χ0) is 13.4. The molecule has 5 nitrogen and oxygen atoms in total. The summed E-state index contributed by atoms with van der Waals surface area (Å²) >= 11 is 5.40. The highest BCUT2D eigenvalue weighted by Gasteiger charge is 2.16. The van der Waals surface area contributed by atoms with Gasteiger partial charge >= 0.3 is 6.03 Å². The average molecular weight is 270 g/mol. The minimum Gasteiger partial charge on any atom is -0.337 e. The van der Waals surface area contributed by atoms with Gasteiger partial charge in [0.15, 0.2) is 0 Å². The highest BCUT2D eigenvalue weighted by molar-refractivity contribution is 6.18. The maximum Gasteiger partial charge on any atom is 0.321 e. The minimum absolute atomic E-state index is 0.289. The number of urea groups is 1. The van der Waals surface area contributed by atoms with Crippen LogP contribution in [0.15, 0.2) is 30.3 Å². The van der Waals surface area contributed by atoms with E-state index in [-0.39, 0.29) is 5.88 Å². The van der Waals surface area contributed by atoms with Gasteiger partial charge in [-0.05, 0) is 12.0 Å². The van der Waals surface area contributed by atoms with Crippen LogP contribution in [0.5, 0.6) is 0 Å². The molecule has 0 fully saturated rings. The summed E-state index contributed by atoms with van der Waals surface area (Å²) in [5, 5.41) is 4.59. The standard InChI is InChI=1S/C12H16ClN3O2/c13-6-7-15-12(18)16-11(17)10(14)8-9-4-2-1-3-5-9/h1-5,10H,6-8,14H2,(H2,15,16,17,18)/t10-/m0/s1. The molecule has 0 radical (unpaired) electrons. The number of carbonyl (C=O) groups is 2. The number of alkyl halides is 1. The molecule has 0 saturated carbocycles. The lowest BCUT2D eigenvalue weighted by Gasteiger charge is -2.11. The number of nitrogens with one attached hydrogen (secondary N) is 2. The molecule has 0 heterocycles. The first-order valence-corrected chi connectivity index (χ1v) is 6.11. The van der Waals surface area contributed by atoms with Crippen molar-refractivity contribution in [3.05, 3.63) is 35.9 Å². The summed E-state index contributed by atoms with van der Waals surface area (Å²) in [6.07, 6.45) is 0.384. The van der Waals surface area contributed by atoms with E-state index in [1.54, 1.807) is 0 Å². The Bertz CT molecular complexity index is 398. The monoisotopic (exact) mass is 269 g/mol. The molecule has 1 rings (SSSR count). The number of amides is 3. The third-order valence-corrected chi connectivity index (χ3v) is 2.44. The minimum atomic E-state index is -0.755. The molecule has 1 atom stereocenters. The van der Waals surface area contributed by atoms with E-state index >= 15 is 0 Å². The number of rotatable bonds is 5. The van der Waals surface area contributed by atoms with Crippen LogP contribution < -0.4 is 16.4 Å². The SMILES string of the molecule is N[C@@H](Cc1ccccc1)C(=O)NC(=O)NCCCl. The van der Waals surface area contributed by atoms with Crippen LogP contribution >= 0.6 is 11.6 Å². The second kappa shape index (κ2) is 7.68. The van der Waals surface area contributed by atoms with Crippen LogP contribution in [0.25, 0.3) is 0 Å². The maximum absolute atomic E-state index is 11.6. The fraction of sp³-hybridized carbons (Fsp3) is 0.333. The van der Waals surface area contributed by atoms with Crippen molar-refractivity contribution in [2.24, 2.45) is 5.73 Å². The topological polar surface area (TPSA) is 84.2 Å². The summed E-state index contributed by atoms with van der Waals surface area (Å²) in [6, 6.07) is 8.04. The van der Waals surface area contributed by atoms with Gasteiger partial charge in [-0.3, -0.25) is 10.1 Å². The van der Waals surface area contributed by atoms with Crippen LogP contribution in [-0.4, -0.2) is 30.4 Å². The Morgan fingerprint density at radius 3 is 2.56 bits per heavy atom. The molecule has 18 heavy (non-hydrogen) atoms. The molecule has 0 aliphatic rings. The van der Waals surface area contributed by atoms with Crippen molar-refractivity contribution in [1.29, 1.82) is 0 Å². The van der Waals surface area contributed by atoms with Crippen LogP contribution in [-0.2, 0) is 11.2 Å². The van der Waals surface area contributed by atoms with Gasteiger partial charge in [-0.1, -0.05) is 30.3 Å². The fourth-order valence-corrected chi connectivity index (χ4v) is 1.46. The van der Waals surface area contributed by atoms with E-state index in [0.717, 1.165) is 5.56 Å².